The number of carbonyl (C=O) groups excluding carboxylic acids is 1. The van der Waals surface area contributed by atoms with E-state index in [0.29, 0.717) is 19.1 Å². The zero-order valence-corrected chi connectivity index (χ0v) is 15.8. The highest BCUT2D eigenvalue weighted by Crippen LogP contribution is 2.10. The van der Waals surface area contributed by atoms with Crippen molar-refractivity contribution in [3.8, 4) is 5.75 Å². The van der Waals surface area contributed by atoms with E-state index >= 15 is 0 Å². The van der Waals surface area contributed by atoms with Crippen LogP contribution in [0.5, 0.6) is 5.75 Å². The minimum Gasteiger partial charge on any atom is -0.492 e. The first-order valence-corrected chi connectivity index (χ1v) is 9.33. The summed E-state index contributed by atoms with van der Waals surface area (Å²) in [7, 11) is 3.45. The van der Waals surface area contributed by atoms with Crippen LogP contribution in [-0.4, -0.2) is 69.1 Å². The molecule has 1 aromatic rings. The van der Waals surface area contributed by atoms with Crippen LogP contribution in [0.1, 0.15) is 5.56 Å². The monoisotopic (exact) mass is 352 g/mol. The molecule has 0 unspecified atom stereocenters. The fraction of sp³-hybridized carbons (Fsp3) is 0.529. The van der Waals surface area contributed by atoms with E-state index in [1.54, 1.807) is 25.9 Å². The van der Waals surface area contributed by atoms with Gasteiger partial charge in [-0.3, -0.25) is 4.79 Å². The lowest BCUT2D eigenvalue weighted by molar-refractivity contribution is -0.127. The molecule has 0 aliphatic carbocycles. The first-order chi connectivity index (χ1) is 11.5. The maximum absolute atomic E-state index is 11.7. The average Bonchev–Trinajstić information content (AvgIpc) is 2.57. The van der Waals surface area contributed by atoms with E-state index < -0.39 is 0 Å². The van der Waals surface area contributed by atoms with Gasteiger partial charge in [-0.15, -0.1) is 0 Å². The van der Waals surface area contributed by atoms with Crippen LogP contribution in [0.15, 0.2) is 29.3 Å². The number of thioether (sulfide) groups is 1. The van der Waals surface area contributed by atoms with Gasteiger partial charge in [-0.2, -0.15) is 11.8 Å². The van der Waals surface area contributed by atoms with Crippen LogP contribution in [0.2, 0.25) is 0 Å². The van der Waals surface area contributed by atoms with Gasteiger partial charge in [-0.1, -0.05) is 17.7 Å². The molecule has 7 heteroatoms. The van der Waals surface area contributed by atoms with Crippen molar-refractivity contribution in [1.82, 2.24) is 15.5 Å². The summed E-state index contributed by atoms with van der Waals surface area (Å²) in [4.78, 5) is 17.5. The highest BCUT2D eigenvalue weighted by molar-refractivity contribution is 7.98. The highest BCUT2D eigenvalue weighted by Gasteiger charge is 2.04. The van der Waals surface area contributed by atoms with Crippen LogP contribution in [0.4, 0.5) is 0 Å². The Morgan fingerprint density at radius 2 is 1.88 bits per heavy atom. The number of guanidine groups is 1. The molecule has 0 radical (unpaired) electrons. The molecule has 24 heavy (non-hydrogen) atoms. The molecule has 0 spiro atoms. The molecule has 0 aromatic heterocycles. The molecule has 0 aliphatic rings. The van der Waals surface area contributed by atoms with Crippen LogP contribution in [-0.2, 0) is 4.79 Å². The summed E-state index contributed by atoms with van der Waals surface area (Å²) in [6.07, 6.45) is 2.05. The molecule has 1 amide bonds. The normalized spacial score (nSPS) is 11.1. The topological polar surface area (TPSA) is 66.0 Å². The van der Waals surface area contributed by atoms with Gasteiger partial charge in [0.25, 0.3) is 0 Å². The number of amides is 1. The van der Waals surface area contributed by atoms with Gasteiger partial charge in [-0.25, -0.2) is 4.99 Å². The second kappa shape index (κ2) is 11.6. The van der Waals surface area contributed by atoms with Crippen molar-refractivity contribution in [3.05, 3.63) is 29.8 Å². The van der Waals surface area contributed by atoms with Crippen molar-refractivity contribution in [2.75, 3.05) is 52.3 Å². The number of hydrogen-bond donors (Lipinski definition) is 2. The van der Waals surface area contributed by atoms with Crippen LogP contribution in [0, 0.1) is 6.92 Å². The Kier molecular flexibility index (Phi) is 9.76. The number of benzene rings is 1. The predicted molar refractivity (Wildman–Crippen MR) is 102 cm³/mol. The number of ether oxygens (including phenoxy) is 1. The number of nitrogens with zero attached hydrogens (tertiary/aromatic N) is 2. The van der Waals surface area contributed by atoms with E-state index in [9.17, 15) is 4.79 Å². The predicted octanol–water partition coefficient (Wildman–Crippen LogP) is 1.36. The molecule has 0 bridgehead atoms. The van der Waals surface area contributed by atoms with E-state index in [4.69, 9.17) is 4.74 Å². The van der Waals surface area contributed by atoms with E-state index in [1.165, 1.54) is 10.5 Å². The minimum absolute atomic E-state index is 0.0307. The number of carbonyl (C=O) groups is 1. The summed E-state index contributed by atoms with van der Waals surface area (Å²) in [5, 5.41) is 6.40. The molecule has 0 aliphatic heterocycles. The number of rotatable bonds is 9. The lowest BCUT2D eigenvalue weighted by atomic mass is 10.2. The first kappa shape index (κ1) is 20.2. The van der Waals surface area contributed by atoms with Crippen LogP contribution in [0.3, 0.4) is 0 Å². The quantitative estimate of drug-likeness (QED) is 0.399. The van der Waals surface area contributed by atoms with Gasteiger partial charge in [0, 0.05) is 26.4 Å². The van der Waals surface area contributed by atoms with Crippen LogP contribution in [0.25, 0.3) is 0 Å². The number of nitrogens with one attached hydrogen (secondary N) is 2. The molecule has 134 valence electrons. The Morgan fingerprint density at radius 1 is 1.21 bits per heavy atom. The highest BCUT2D eigenvalue weighted by atomic mass is 32.2. The molecule has 1 rings (SSSR count). The smallest absolute Gasteiger partial charge is 0.243 e. The van der Waals surface area contributed by atoms with Crippen molar-refractivity contribution in [2.24, 2.45) is 4.99 Å². The van der Waals surface area contributed by atoms with Crippen molar-refractivity contribution in [1.29, 1.82) is 0 Å². The van der Waals surface area contributed by atoms with E-state index in [1.807, 2.05) is 31.2 Å². The van der Waals surface area contributed by atoms with E-state index in [-0.39, 0.29) is 12.5 Å². The number of aryl methyl sites for hydroxylation is 1. The molecular formula is C17H28N4O2S. The Bertz CT molecular complexity index is 518. The Labute approximate surface area is 149 Å². The first-order valence-electron chi connectivity index (χ1n) is 7.93. The zero-order chi connectivity index (χ0) is 17.8. The molecule has 6 nitrogen and oxygen atoms in total. The van der Waals surface area contributed by atoms with Crippen LogP contribution >= 0.6 is 11.8 Å². The maximum atomic E-state index is 11.7. The van der Waals surface area contributed by atoms with Crippen LogP contribution < -0.4 is 15.4 Å². The van der Waals surface area contributed by atoms with Gasteiger partial charge in [0.1, 0.15) is 18.9 Å². The van der Waals surface area contributed by atoms with Crippen molar-refractivity contribution >= 4 is 23.6 Å². The summed E-state index contributed by atoms with van der Waals surface area (Å²) in [6.45, 7) is 4.09. The average molecular weight is 353 g/mol. The maximum Gasteiger partial charge on any atom is 0.243 e. The van der Waals surface area contributed by atoms with Gasteiger partial charge < -0.3 is 20.3 Å². The fourth-order valence-electron chi connectivity index (χ4n) is 1.71. The Morgan fingerprint density at radius 3 is 2.50 bits per heavy atom. The van der Waals surface area contributed by atoms with Gasteiger partial charge in [-0.05, 0) is 25.3 Å². The summed E-state index contributed by atoms with van der Waals surface area (Å²) in [6, 6.07) is 7.95. The second-order valence-electron chi connectivity index (χ2n) is 5.46. The third-order valence-corrected chi connectivity index (χ3v) is 3.77. The third kappa shape index (κ3) is 8.67. The van der Waals surface area contributed by atoms with Gasteiger partial charge in [0.15, 0.2) is 5.96 Å². The third-order valence-electron chi connectivity index (χ3n) is 3.15. The summed E-state index contributed by atoms with van der Waals surface area (Å²) >= 11 is 1.75. The largest absolute Gasteiger partial charge is 0.492 e. The van der Waals surface area contributed by atoms with Crippen molar-refractivity contribution in [2.45, 2.75) is 6.92 Å². The molecule has 0 atom stereocenters. The fourth-order valence-corrected chi connectivity index (χ4v) is 2.01. The molecule has 0 saturated carbocycles. The minimum atomic E-state index is -0.0307. The van der Waals surface area contributed by atoms with Gasteiger partial charge >= 0.3 is 0 Å². The lowest BCUT2D eigenvalue weighted by Gasteiger charge is -2.14. The van der Waals surface area contributed by atoms with Gasteiger partial charge in [0.2, 0.25) is 5.91 Å². The van der Waals surface area contributed by atoms with Crippen molar-refractivity contribution < 1.29 is 9.53 Å². The number of hydrogen-bond acceptors (Lipinski definition) is 4. The SMILES string of the molecule is CSCCNC(=NCC(=O)N(C)C)NCCOc1ccc(C)cc1. The summed E-state index contributed by atoms with van der Waals surface area (Å²) in [5.41, 5.74) is 1.21. The molecule has 2 N–H and O–H groups in total. The number of aliphatic imine (C=N–C) groups is 1. The molecule has 0 saturated heterocycles. The Hall–Kier alpha value is -1.89. The Balaban J connectivity index is 2.40. The van der Waals surface area contributed by atoms with Crippen molar-refractivity contribution in [3.63, 3.8) is 0 Å². The summed E-state index contributed by atoms with van der Waals surface area (Å²) < 4.78 is 5.68. The standard InChI is InChI=1S/C17H28N4O2S/c1-14-5-7-15(8-6-14)23-11-9-18-17(19-10-12-24-4)20-13-16(22)21(2)3/h5-8H,9-13H2,1-4H3,(H2,18,19,20). The lowest BCUT2D eigenvalue weighted by Crippen LogP contribution is -2.41. The number of likely N-dealkylation sites (N-methyl/N-ethyl adjacent to an activating group) is 1. The zero-order valence-electron chi connectivity index (χ0n) is 15.0. The molecule has 0 fully saturated rings. The molecule has 1 aromatic carbocycles. The molecule has 0 heterocycles. The second-order valence-corrected chi connectivity index (χ2v) is 6.45. The molecular weight excluding hydrogens is 324 g/mol. The van der Waals surface area contributed by atoms with E-state index in [2.05, 4.69) is 21.9 Å². The van der Waals surface area contributed by atoms with Gasteiger partial charge in [0.05, 0.1) is 6.54 Å². The summed E-state index contributed by atoms with van der Waals surface area (Å²) in [5.74, 6) is 2.42. The van der Waals surface area contributed by atoms with E-state index in [0.717, 1.165) is 18.0 Å².